The van der Waals surface area contributed by atoms with Crippen LogP contribution in [0.4, 0.5) is 0 Å². The van der Waals surface area contributed by atoms with Crippen LogP contribution in [0.25, 0.3) is 0 Å². The maximum Gasteiger partial charge on any atom is 0.104 e. The lowest BCUT2D eigenvalue weighted by molar-refractivity contribution is 0.255. The average Bonchev–Trinajstić information content (AvgIpc) is 3.14. The van der Waals surface area contributed by atoms with Crippen molar-refractivity contribution in [1.29, 1.82) is 0 Å². The molecule has 0 heterocycles. The Labute approximate surface area is 119 Å². The summed E-state index contributed by atoms with van der Waals surface area (Å²) in [6, 6.07) is 6.63. The van der Waals surface area contributed by atoms with Gasteiger partial charge in [0.1, 0.15) is 4.99 Å². The van der Waals surface area contributed by atoms with E-state index >= 15 is 0 Å². The SMILES string of the molecule is CCCN(Cc1ccc(C(N)=S)cc1Cl)C1CC1. The van der Waals surface area contributed by atoms with E-state index in [0.29, 0.717) is 4.99 Å². The van der Waals surface area contributed by atoms with Crippen molar-refractivity contribution in [3.8, 4) is 0 Å². The van der Waals surface area contributed by atoms with E-state index in [9.17, 15) is 0 Å². The molecular weight excluding hydrogens is 264 g/mol. The predicted octanol–water partition coefficient (Wildman–Crippen LogP) is 3.35. The quantitative estimate of drug-likeness (QED) is 0.812. The minimum Gasteiger partial charge on any atom is -0.389 e. The highest BCUT2D eigenvalue weighted by molar-refractivity contribution is 7.80. The molecule has 1 aromatic rings. The monoisotopic (exact) mass is 282 g/mol. The Bertz CT molecular complexity index is 443. The van der Waals surface area contributed by atoms with E-state index < -0.39 is 0 Å². The van der Waals surface area contributed by atoms with Crippen LogP contribution in [-0.4, -0.2) is 22.5 Å². The third-order valence-corrected chi connectivity index (χ3v) is 3.87. The summed E-state index contributed by atoms with van der Waals surface area (Å²) in [5.74, 6) is 0. The minimum absolute atomic E-state index is 0.399. The van der Waals surface area contributed by atoms with E-state index in [-0.39, 0.29) is 0 Å². The topological polar surface area (TPSA) is 29.3 Å². The van der Waals surface area contributed by atoms with E-state index in [1.165, 1.54) is 19.3 Å². The summed E-state index contributed by atoms with van der Waals surface area (Å²) in [6.45, 7) is 4.28. The van der Waals surface area contributed by atoms with Crippen LogP contribution in [-0.2, 0) is 6.54 Å². The Hall–Kier alpha value is -0.640. The first-order valence-electron chi connectivity index (χ1n) is 6.44. The molecule has 1 saturated carbocycles. The molecule has 4 heteroatoms. The van der Waals surface area contributed by atoms with Crippen LogP contribution in [0.2, 0.25) is 5.02 Å². The third-order valence-electron chi connectivity index (χ3n) is 3.29. The van der Waals surface area contributed by atoms with Crippen molar-refractivity contribution < 1.29 is 0 Å². The zero-order valence-electron chi connectivity index (χ0n) is 10.7. The lowest BCUT2D eigenvalue weighted by atomic mass is 10.1. The summed E-state index contributed by atoms with van der Waals surface area (Å²) in [5, 5.41) is 0.766. The van der Waals surface area contributed by atoms with Crippen LogP contribution >= 0.6 is 23.8 Å². The smallest absolute Gasteiger partial charge is 0.104 e. The van der Waals surface area contributed by atoms with Gasteiger partial charge in [0, 0.05) is 23.2 Å². The second kappa shape index (κ2) is 6.00. The number of thiocarbonyl (C=S) groups is 1. The van der Waals surface area contributed by atoms with Gasteiger partial charge in [-0.15, -0.1) is 0 Å². The van der Waals surface area contributed by atoms with Crippen molar-refractivity contribution in [2.75, 3.05) is 6.54 Å². The lowest BCUT2D eigenvalue weighted by Gasteiger charge is -2.22. The summed E-state index contributed by atoms with van der Waals surface area (Å²) in [7, 11) is 0. The second-order valence-electron chi connectivity index (χ2n) is 4.87. The van der Waals surface area contributed by atoms with Crippen LogP contribution in [0, 0.1) is 0 Å². The highest BCUT2D eigenvalue weighted by Gasteiger charge is 2.28. The molecule has 0 unspecified atom stereocenters. The van der Waals surface area contributed by atoms with Gasteiger partial charge in [-0.05, 0) is 37.4 Å². The highest BCUT2D eigenvalue weighted by atomic mass is 35.5. The number of halogens is 1. The molecule has 2 nitrogen and oxygen atoms in total. The van der Waals surface area contributed by atoms with Crippen molar-refractivity contribution in [1.82, 2.24) is 4.90 Å². The highest BCUT2D eigenvalue weighted by Crippen LogP contribution is 2.30. The van der Waals surface area contributed by atoms with E-state index in [2.05, 4.69) is 11.8 Å². The molecule has 1 aliphatic carbocycles. The lowest BCUT2D eigenvalue weighted by Crippen LogP contribution is -2.26. The Morgan fingerprint density at radius 2 is 2.22 bits per heavy atom. The van der Waals surface area contributed by atoms with Gasteiger partial charge in [-0.2, -0.15) is 0 Å². The molecule has 0 aromatic heterocycles. The largest absolute Gasteiger partial charge is 0.389 e. The van der Waals surface area contributed by atoms with Gasteiger partial charge in [0.05, 0.1) is 0 Å². The number of hydrogen-bond donors (Lipinski definition) is 1. The summed E-state index contributed by atoms with van der Waals surface area (Å²) in [5.41, 5.74) is 7.61. The Balaban J connectivity index is 2.10. The first-order valence-corrected chi connectivity index (χ1v) is 7.22. The molecule has 2 N–H and O–H groups in total. The maximum absolute atomic E-state index is 6.30. The predicted molar refractivity (Wildman–Crippen MR) is 81.1 cm³/mol. The Morgan fingerprint density at radius 1 is 1.50 bits per heavy atom. The first-order chi connectivity index (χ1) is 8.61. The summed E-state index contributed by atoms with van der Waals surface area (Å²) in [6.07, 6.45) is 3.82. The van der Waals surface area contributed by atoms with Crippen LogP contribution in [0.1, 0.15) is 37.3 Å². The third kappa shape index (κ3) is 3.44. The fourth-order valence-corrected chi connectivity index (χ4v) is 2.53. The van der Waals surface area contributed by atoms with Gasteiger partial charge in [0.15, 0.2) is 0 Å². The Kier molecular flexibility index (Phi) is 4.60. The number of rotatable bonds is 6. The van der Waals surface area contributed by atoms with Crippen molar-refractivity contribution >= 4 is 28.8 Å². The van der Waals surface area contributed by atoms with Crippen molar-refractivity contribution in [2.45, 2.75) is 38.8 Å². The molecule has 0 bridgehead atoms. The normalized spacial score (nSPS) is 15.1. The molecule has 1 aliphatic rings. The van der Waals surface area contributed by atoms with Crippen LogP contribution < -0.4 is 5.73 Å². The molecule has 0 radical (unpaired) electrons. The summed E-state index contributed by atoms with van der Waals surface area (Å²) in [4.78, 5) is 2.91. The van der Waals surface area contributed by atoms with Crippen molar-refractivity contribution in [2.24, 2.45) is 5.73 Å². The zero-order valence-corrected chi connectivity index (χ0v) is 12.2. The second-order valence-corrected chi connectivity index (χ2v) is 5.72. The molecule has 0 saturated heterocycles. The standard InChI is InChI=1S/C14H19ClN2S/c1-2-7-17(12-5-6-12)9-11-4-3-10(14(16)18)8-13(11)15/h3-4,8,12H,2,5-7,9H2,1H3,(H2,16,18). The number of hydrogen-bond acceptors (Lipinski definition) is 2. The molecule has 0 atom stereocenters. The zero-order chi connectivity index (χ0) is 13.1. The number of benzene rings is 1. The Morgan fingerprint density at radius 3 is 2.72 bits per heavy atom. The van der Waals surface area contributed by atoms with Crippen molar-refractivity contribution in [3.63, 3.8) is 0 Å². The van der Waals surface area contributed by atoms with Gasteiger partial charge in [-0.25, -0.2) is 0 Å². The summed E-state index contributed by atoms with van der Waals surface area (Å²) >= 11 is 11.3. The molecular formula is C14H19ClN2S. The molecule has 18 heavy (non-hydrogen) atoms. The van der Waals surface area contributed by atoms with E-state index in [1.807, 2.05) is 18.2 Å². The fraction of sp³-hybridized carbons (Fsp3) is 0.500. The van der Waals surface area contributed by atoms with Gasteiger partial charge < -0.3 is 5.73 Å². The average molecular weight is 283 g/mol. The molecule has 98 valence electrons. The first kappa shape index (κ1) is 13.8. The molecule has 0 aliphatic heterocycles. The van der Waals surface area contributed by atoms with Gasteiger partial charge in [0.2, 0.25) is 0 Å². The number of nitrogens with two attached hydrogens (primary N) is 1. The van der Waals surface area contributed by atoms with E-state index in [4.69, 9.17) is 29.6 Å². The molecule has 0 amide bonds. The number of nitrogens with zero attached hydrogens (tertiary/aromatic N) is 1. The molecule has 1 aromatic carbocycles. The van der Waals surface area contributed by atoms with Crippen LogP contribution in [0.3, 0.4) is 0 Å². The fourth-order valence-electron chi connectivity index (χ4n) is 2.17. The summed E-state index contributed by atoms with van der Waals surface area (Å²) < 4.78 is 0. The van der Waals surface area contributed by atoms with Crippen LogP contribution in [0.5, 0.6) is 0 Å². The van der Waals surface area contributed by atoms with Gasteiger partial charge in [-0.3, -0.25) is 4.90 Å². The van der Waals surface area contributed by atoms with Crippen molar-refractivity contribution in [3.05, 3.63) is 34.3 Å². The minimum atomic E-state index is 0.399. The van der Waals surface area contributed by atoms with Gasteiger partial charge in [-0.1, -0.05) is 42.9 Å². The van der Waals surface area contributed by atoms with E-state index in [0.717, 1.165) is 35.3 Å². The maximum atomic E-state index is 6.30. The molecule has 1 fully saturated rings. The van der Waals surface area contributed by atoms with E-state index in [1.54, 1.807) is 0 Å². The van der Waals surface area contributed by atoms with Gasteiger partial charge >= 0.3 is 0 Å². The molecule has 0 spiro atoms. The van der Waals surface area contributed by atoms with Crippen LogP contribution in [0.15, 0.2) is 18.2 Å². The van der Waals surface area contributed by atoms with Gasteiger partial charge in [0.25, 0.3) is 0 Å². The molecule has 2 rings (SSSR count).